The third-order valence-corrected chi connectivity index (χ3v) is 3.02. The first-order valence-electron chi connectivity index (χ1n) is 5.62. The van der Waals surface area contributed by atoms with Gasteiger partial charge in [0, 0.05) is 5.69 Å². The second kappa shape index (κ2) is 4.31. The first-order chi connectivity index (χ1) is 8.45. The molecule has 0 radical (unpaired) electrons. The number of ether oxygens (including phenoxy) is 1. The number of carbonyl (C=O) groups is 1. The van der Waals surface area contributed by atoms with E-state index in [0.29, 0.717) is 11.3 Å². The van der Waals surface area contributed by atoms with Crippen molar-refractivity contribution in [2.45, 2.75) is 25.6 Å². The Labute approximate surface area is 105 Å². The molecule has 0 aliphatic carbocycles. The molecule has 0 bridgehead atoms. The maximum absolute atomic E-state index is 11.2. The fourth-order valence-electron chi connectivity index (χ4n) is 2.20. The number of nitriles is 1. The van der Waals surface area contributed by atoms with Crippen molar-refractivity contribution in [3.8, 4) is 6.07 Å². The van der Waals surface area contributed by atoms with Crippen LogP contribution in [0.3, 0.4) is 0 Å². The van der Waals surface area contributed by atoms with Crippen LogP contribution in [0, 0.1) is 11.3 Å². The largest absolute Gasteiger partial charge is 0.480 e. The summed E-state index contributed by atoms with van der Waals surface area (Å²) in [6.45, 7) is 3.77. The van der Waals surface area contributed by atoms with Gasteiger partial charge in [0.25, 0.3) is 0 Å². The zero-order chi connectivity index (χ0) is 13.3. The number of carboxylic acid groups (broad SMARTS) is 1. The van der Waals surface area contributed by atoms with Crippen LogP contribution >= 0.6 is 0 Å². The summed E-state index contributed by atoms with van der Waals surface area (Å²) < 4.78 is 5.52. The van der Waals surface area contributed by atoms with Crippen LogP contribution in [0.5, 0.6) is 0 Å². The smallest absolute Gasteiger partial charge is 0.328 e. The molecular formula is C13H14N2O3. The lowest BCUT2D eigenvalue weighted by molar-refractivity contribution is -0.138. The highest BCUT2D eigenvalue weighted by molar-refractivity contribution is 5.79. The predicted octanol–water partition coefficient (Wildman–Crippen LogP) is 1.58. The standard InChI is InChI=1S/C13H14N2O3/c1-13(2)15(11(8-18-13)12(16)17)10-5-3-4-9(6-10)7-14/h3-6,11H,8H2,1-2H3,(H,16,17). The van der Waals surface area contributed by atoms with Crippen LogP contribution in [0.25, 0.3) is 0 Å². The molecule has 1 aromatic rings. The van der Waals surface area contributed by atoms with Gasteiger partial charge < -0.3 is 14.7 Å². The van der Waals surface area contributed by atoms with E-state index in [-0.39, 0.29) is 6.61 Å². The molecule has 0 aromatic heterocycles. The molecule has 0 saturated carbocycles. The summed E-state index contributed by atoms with van der Waals surface area (Å²) in [5, 5.41) is 18.1. The van der Waals surface area contributed by atoms with E-state index in [9.17, 15) is 9.90 Å². The number of anilines is 1. The Balaban J connectivity index is 2.45. The van der Waals surface area contributed by atoms with E-state index >= 15 is 0 Å². The van der Waals surface area contributed by atoms with Crippen LogP contribution in [-0.2, 0) is 9.53 Å². The molecule has 0 amide bonds. The summed E-state index contributed by atoms with van der Waals surface area (Å²) >= 11 is 0. The topological polar surface area (TPSA) is 73.6 Å². The monoisotopic (exact) mass is 246 g/mol. The lowest BCUT2D eigenvalue weighted by Crippen LogP contribution is -2.47. The van der Waals surface area contributed by atoms with Crippen molar-refractivity contribution in [2.24, 2.45) is 0 Å². The quantitative estimate of drug-likeness (QED) is 0.857. The molecule has 1 heterocycles. The van der Waals surface area contributed by atoms with Crippen LogP contribution < -0.4 is 4.90 Å². The highest BCUT2D eigenvalue weighted by atomic mass is 16.5. The molecular weight excluding hydrogens is 232 g/mol. The highest BCUT2D eigenvalue weighted by Crippen LogP contribution is 2.33. The number of aliphatic carboxylic acids is 1. The van der Waals surface area contributed by atoms with Gasteiger partial charge in [0.1, 0.15) is 5.72 Å². The zero-order valence-electron chi connectivity index (χ0n) is 10.3. The maximum atomic E-state index is 11.2. The number of rotatable bonds is 2. The van der Waals surface area contributed by atoms with Gasteiger partial charge in [-0.3, -0.25) is 0 Å². The van der Waals surface area contributed by atoms with E-state index in [0.717, 1.165) is 0 Å². The Morgan fingerprint density at radius 3 is 2.94 bits per heavy atom. The third kappa shape index (κ3) is 2.03. The molecule has 1 aromatic carbocycles. The Morgan fingerprint density at radius 2 is 2.33 bits per heavy atom. The van der Waals surface area contributed by atoms with Crippen molar-refractivity contribution in [1.82, 2.24) is 0 Å². The van der Waals surface area contributed by atoms with Gasteiger partial charge >= 0.3 is 5.97 Å². The second-order valence-corrected chi connectivity index (χ2v) is 4.64. The molecule has 1 unspecified atom stereocenters. The van der Waals surface area contributed by atoms with Crippen molar-refractivity contribution < 1.29 is 14.6 Å². The van der Waals surface area contributed by atoms with Gasteiger partial charge in [0.2, 0.25) is 0 Å². The Kier molecular flexibility index (Phi) is 2.97. The number of nitrogens with zero attached hydrogens (tertiary/aromatic N) is 2. The summed E-state index contributed by atoms with van der Waals surface area (Å²) in [7, 11) is 0. The van der Waals surface area contributed by atoms with E-state index < -0.39 is 17.7 Å². The molecule has 5 heteroatoms. The molecule has 1 aliphatic heterocycles. The van der Waals surface area contributed by atoms with Gasteiger partial charge in [-0.25, -0.2) is 4.79 Å². The van der Waals surface area contributed by atoms with Gasteiger partial charge in [-0.05, 0) is 32.0 Å². The lowest BCUT2D eigenvalue weighted by Gasteiger charge is -2.34. The van der Waals surface area contributed by atoms with Gasteiger partial charge in [-0.2, -0.15) is 5.26 Å². The van der Waals surface area contributed by atoms with Crippen LogP contribution in [0.2, 0.25) is 0 Å². The molecule has 1 N–H and O–H groups in total. The molecule has 1 aliphatic rings. The third-order valence-electron chi connectivity index (χ3n) is 3.02. The van der Waals surface area contributed by atoms with Crippen LogP contribution in [0.4, 0.5) is 5.69 Å². The highest BCUT2D eigenvalue weighted by Gasteiger charge is 2.44. The average Bonchev–Trinajstić information content (AvgIpc) is 2.65. The normalized spacial score (nSPS) is 21.6. The van der Waals surface area contributed by atoms with Crippen molar-refractivity contribution >= 4 is 11.7 Å². The predicted molar refractivity (Wildman–Crippen MR) is 65.1 cm³/mol. The second-order valence-electron chi connectivity index (χ2n) is 4.64. The van der Waals surface area contributed by atoms with E-state index in [1.54, 1.807) is 29.2 Å². The van der Waals surface area contributed by atoms with Crippen LogP contribution in [-0.4, -0.2) is 29.4 Å². The van der Waals surface area contributed by atoms with Gasteiger partial charge in [0.05, 0.1) is 18.2 Å². The Morgan fingerprint density at radius 1 is 1.61 bits per heavy atom. The lowest BCUT2D eigenvalue weighted by atomic mass is 10.1. The molecule has 94 valence electrons. The van der Waals surface area contributed by atoms with Gasteiger partial charge in [-0.15, -0.1) is 0 Å². The molecule has 2 rings (SSSR count). The number of carboxylic acids is 1. The van der Waals surface area contributed by atoms with Crippen molar-refractivity contribution in [3.05, 3.63) is 29.8 Å². The fourth-order valence-corrected chi connectivity index (χ4v) is 2.20. The average molecular weight is 246 g/mol. The minimum atomic E-state index is -0.928. The molecule has 1 atom stereocenters. The molecule has 18 heavy (non-hydrogen) atoms. The van der Waals surface area contributed by atoms with Crippen LogP contribution in [0.15, 0.2) is 24.3 Å². The summed E-state index contributed by atoms with van der Waals surface area (Å²) in [4.78, 5) is 12.9. The summed E-state index contributed by atoms with van der Waals surface area (Å²) in [5.41, 5.74) is 0.486. The molecule has 5 nitrogen and oxygen atoms in total. The SMILES string of the molecule is CC1(C)OCC(C(=O)O)N1c1cccc(C#N)c1. The first-order valence-corrected chi connectivity index (χ1v) is 5.62. The summed E-state index contributed by atoms with van der Waals surface area (Å²) in [6.07, 6.45) is 0. The van der Waals surface area contributed by atoms with Gasteiger partial charge in [-0.1, -0.05) is 6.07 Å². The molecule has 1 saturated heterocycles. The summed E-state index contributed by atoms with van der Waals surface area (Å²) in [5.74, 6) is -0.928. The number of benzene rings is 1. The van der Waals surface area contributed by atoms with Crippen molar-refractivity contribution in [1.29, 1.82) is 5.26 Å². The van der Waals surface area contributed by atoms with Crippen molar-refractivity contribution in [2.75, 3.05) is 11.5 Å². The Bertz CT molecular complexity index is 519. The zero-order valence-corrected chi connectivity index (χ0v) is 10.3. The van der Waals surface area contributed by atoms with E-state index in [1.807, 2.05) is 19.9 Å². The minimum Gasteiger partial charge on any atom is -0.480 e. The Hall–Kier alpha value is -2.06. The first kappa shape index (κ1) is 12.4. The van der Waals surface area contributed by atoms with E-state index in [1.165, 1.54) is 0 Å². The van der Waals surface area contributed by atoms with Crippen LogP contribution in [0.1, 0.15) is 19.4 Å². The fraction of sp³-hybridized carbons (Fsp3) is 0.385. The minimum absolute atomic E-state index is 0.138. The maximum Gasteiger partial charge on any atom is 0.328 e. The number of hydrogen-bond acceptors (Lipinski definition) is 4. The summed E-state index contributed by atoms with van der Waals surface area (Å²) in [6, 6.07) is 8.20. The van der Waals surface area contributed by atoms with Crippen molar-refractivity contribution in [3.63, 3.8) is 0 Å². The molecule has 1 fully saturated rings. The number of hydrogen-bond donors (Lipinski definition) is 1. The molecule has 0 spiro atoms. The van der Waals surface area contributed by atoms with E-state index in [2.05, 4.69) is 0 Å². The van der Waals surface area contributed by atoms with E-state index in [4.69, 9.17) is 10.00 Å². The van der Waals surface area contributed by atoms with Gasteiger partial charge in [0.15, 0.2) is 6.04 Å².